The van der Waals surface area contributed by atoms with Gasteiger partial charge in [0.25, 0.3) is 0 Å². The molecule has 2 heterocycles. The summed E-state index contributed by atoms with van der Waals surface area (Å²) in [5, 5.41) is 3.75. The van der Waals surface area contributed by atoms with Gasteiger partial charge in [-0.3, -0.25) is 0 Å². The third-order valence-electron chi connectivity index (χ3n) is 3.32. The van der Waals surface area contributed by atoms with E-state index in [1.54, 1.807) is 0 Å². The number of anilines is 1. The normalized spacial score (nSPS) is 20.4. The number of hydrogen-bond acceptors (Lipinski definition) is 5. The van der Waals surface area contributed by atoms with Crippen LogP contribution in [0.5, 0.6) is 0 Å². The molecule has 2 rings (SSSR count). The Kier molecular flexibility index (Phi) is 5.20. The maximum Gasteiger partial charge on any atom is 0.452 e. The third kappa shape index (κ3) is 4.05. The van der Waals surface area contributed by atoms with Crippen molar-refractivity contribution in [3.63, 3.8) is 0 Å². The number of nitrogens with zero attached hydrogens (tertiary/aromatic N) is 3. The molecule has 1 aromatic heterocycles. The predicted molar refractivity (Wildman–Crippen MR) is 73.0 cm³/mol. The lowest BCUT2D eigenvalue weighted by Crippen LogP contribution is -2.39. The Morgan fingerprint density at radius 3 is 2.90 bits per heavy atom. The maximum absolute atomic E-state index is 12.5. The zero-order valence-corrected chi connectivity index (χ0v) is 12.2. The van der Waals surface area contributed by atoms with Crippen molar-refractivity contribution in [1.82, 2.24) is 14.7 Å². The highest BCUT2D eigenvalue weighted by Gasteiger charge is 2.37. The summed E-state index contributed by atoms with van der Waals surface area (Å²) in [6.07, 6.45) is -1.27. The van der Waals surface area contributed by atoms with Crippen molar-refractivity contribution in [3.05, 3.63) is 5.82 Å². The SMILES string of the molecule is CCCNCC1CCCN(c2nc(C(F)(F)F)ns2)C1. The number of hydrogen-bond donors (Lipinski definition) is 1. The van der Waals surface area contributed by atoms with E-state index < -0.39 is 12.0 Å². The molecule has 114 valence electrons. The monoisotopic (exact) mass is 308 g/mol. The lowest BCUT2D eigenvalue weighted by molar-refractivity contribution is -0.144. The fraction of sp³-hybridized carbons (Fsp3) is 0.833. The maximum atomic E-state index is 12.5. The highest BCUT2D eigenvalue weighted by molar-refractivity contribution is 7.09. The Morgan fingerprint density at radius 2 is 2.25 bits per heavy atom. The summed E-state index contributed by atoms with van der Waals surface area (Å²) in [7, 11) is 0. The summed E-state index contributed by atoms with van der Waals surface area (Å²) in [6, 6.07) is 0. The number of alkyl halides is 3. The molecular formula is C12H19F3N4S. The first kappa shape index (κ1) is 15.5. The van der Waals surface area contributed by atoms with E-state index in [1.807, 2.05) is 4.90 Å². The lowest BCUT2D eigenvalue weighted by Gasteiger charge is -2.32. The molecule has 1 aromatic rings. The first-order valence-electron chi connectivity index (χ1n) is 6.87. The minimum atomic E-state index is -4.45. The summed E-state index contributed by atoms with van der Waals surface area (Å²) < 4.78 is 40.9. The van der Waals surface area contributed by atoms with Crippen molar-refractivity contribution >= 4 is 16.7 Å². The van der Waals surface area contributed by atoms with E-state index in [4.69, 9.17) is 0 Å². The van der Waals surface area contributed by atoms with Crippen LogP contribution in [0.3, 0.4) is 0 Å². The fourth-order valence-electron chi connectivity index (χ4n) is 2.35. The van der Waals surface area contributed by atoms with Crippen LogP contribution in [0.1, 0.15) is 32.0 Å². The van der Waals surface area contributed by atoms with Crippen LogP contribution in [0, 0.1) is 5.92 Å². The van der Waals surface area contributed by atoms with Gasteiger partial charge < -0.3 is 10.2 Å². The molecule has 1 aliphatic heterocycles. The molecule has 1 fully saturated rings. The van der Waals surface area contributed by atoms with E-state index >= 15 is 0 Å². The summed E-state index contributed by atoms with van der Waals surface area (Å²) in [5.41, 5.74) is 0. The Labute approximate surface area is 120 Å². The standard InChI is InChI=1S/C12H19F3N4S/c1-2-5-16-7-9-4-3-6-19(8-9)11-17-10(18-20-11)12(13,14)15/h9,16H,2-8H2,1H3. The first-order valence-corrected chi connectivity index (χ1v) is 7.64. The van der Waals surface area contributed by atoms with Crippen molar-refractivity contribution in [2.24, 2.45) is 5.92 Å². The van der Waals surface area contributed by atoms with Crippen LogP contribution in [0.4, 0.5) is 18.3 Å². The van der Waals surface area contributed by atoms with Gasteiger partial charge in [0.15, 0.2) is 0 Å². The summed E-state index contributed by atoms with van der Waals surface area (Å²) >= 11 is 0.838. The number of aromatic nitrogens is 2. The molecule has 0 radical (unpaired) electrons. The van der Waals surface area contributed by atoms with Gasteiger partial charge >= 0.3 is 6.18 Å². The van der Waals surface area contributed by atoms with Crippen LogP contribution in [-0.4, -0.2) is 35.5 Å². The van der Waals surface area contributed by atoms with Crippen LogP contribution in [0.25, 0.3) is 0 Å². The summed E-state index contributed by atoms with van der Waals surface area (Å²) in [5.74, 6) is -0.558. The van der Waals surface area contributed by atoms with Crippen LogP contribution in [-0.2, 0) is 6.18 Å². The van der Waals surface area contributed by atoms with Gasteiger partial charge in [0.2, 0.25) is 11.0 Å². The smallest absolute Gasteiger partial charge is 0.347 e. The molecule has 0 amide bonds. The number of piperidine rings is 1. The zero-order valence-electron chi connectivity index (χ0n) is 11.4. The van der Waals surface area contributed by atoms with E-state index in [9.17, 15) is 13.2 Å². The van der Waals surface area contributed by atoms with Gasteiger partial charge in [-0.05, 0) is 38.3 Å². The molecule has 8 heteroatoms. The molecule has 1 atom stereocenters. The van der Waals surface area contributed by atoms with Crippen LogP contribution in [0.2, 0.25) is 0 Å². The Morgan fingerprint density at radius 1 is 1.45 bits per heavy atom. The summed E-state index contributed by atoms with van der Waals surface area (Å²) in [4.78, 5) is 5.55. The van der Waals surface area contributed by atoms with Crippen LogP contribution < -0.4 is 10.2 Å². The van der Waals surface area contributed by atoms with Gasteiger partial charge in [0.1, 0.15) is 0 Å². The second-order valence-electron chi connectivity index (χ2n) is 5.06. The second kappa shape index (κ2) is 6.71. The molecule has 0 aliphatic carbocycles. The molecule has 1 unspecified atom stereocenters. The minimum Gasteiger partial charge on any atom is -0.347 e. The molecule has 20 heavy (non-hydrogen) atoms. The van der Waals surface area contributed by atoms with E-state index in [0.717, 1.165) is 57.0 Å². The number of rotatable bonds is 5. The Balaban J connectivity index is 1.93. The van der Waals surface area contributed by atoms with E-state index in [1.165, 1.54) is 0 Å². The molecule has 1 N–H and O–H groups in total. The fourth-order valence-corrected chi connectivity index (χ4v) is 3.07. The average molecular weight is 308 g/mol. The quantitative estimate of drug-likeness (QED) is 0.849. The highest BCUT2D eigenvalue weighted by Crippen LogP contribution is 2.31. The van der Waals surface area contributed by atoms with Crippen molar-refractivity contribution in [2.75, 3.05) is 31.1 Å². The third-order valence-corrected chi connectivity index (χ3v) is 4.10. The van der Waals surface area contributed by atoms with E-state index in [-0.39, 0.29) is 0 Å². The van der Waals surface area contributed by atoms with Gasteiger partial charge in [0, 0.05) is 24.6 Å². The second-order valence-corrected chi connectivity index (χ2v) is 5.79. The van der Waals surface area contributed by atoms with Crippen molar-refractivity contribution in [1.29, 1.82) is 0 Å². The average Bonchev–Trinajstić information content (AvgIpc) is 2.89. The van der Waals surface area contributed by atoms with Gasteiger partial charge in [-0.2, -0.15) is 22.5 Å². The molecular weight excluding hydrogens is 289 g/mol. The molecule has 0 bridgehead atoms. The first-order chi connectivity index (χ1) is 9.50. The van der Waals surface area contributed by atoms with Crippen molar-refractivity contribution < 1.29 is 13.2 Å². The van der Waals surface area contributed by atoms with Gasteiger partial charge in [-0.25, -0.2) is 0 Å². The molecule has 1 saturated heterocycles. The number of nitrogens with one attached hydrogen (secondary N) is 1. The molecule has 0 aromatic carbocycles. The van der Waals surface area contributed by atoms with Crippen molar-refractivity contribution in [2.45, 2.75) is 32.4 Å². The van der Waals surface area contributed by atoms with E-state index in [2.05, 4.69) is 21.6 Å². The van der Waals surface area contributed by atoms with E-state index in [0.29, 0.717) is 11.0 Å². The highest BCUT2D eigenvalue weighted by atomic mass is 32.1. The lowest BCUT2D eigenvalue weighted by atomic mass is 9.98. The Hall–Kier alpha value is -0.890. The van der Waals surface area contributed by atoms with Crippen LogP contribution >= 0.6 is 11.5 Å². The topological polar surface area (TPSA) is 41.0 Å². The van der Waals surface area contributed by atoms with Gasteiger partial charge in [-0.15, -0.1) is 0 Å². The number of halogens is 3. The molecule has 4 nitrogen and oxygen atoms in total. The summed E-state index contributed by atoms with van der Waals surface area (Å²) in [6.45, 7) is 5.52. The van der Waals surface area contributed by atoms with Gasteiger partial charge in [-0.1, -0.05) is 6.92 Å². The molecule has 0 spiro atoms. The van der Waals surface area contributed by atoms with Crippen molar-refractivity contribution in [3.8, 4) is 0 Å². The van der Waals surface area contributed by atoms with Crippen LogP contribution in [0.15, 0.2) is 0 Å². The minimum absolute atomic E-state index is 0.387. The Bertz CT molecular complexity index is 421. The predicted octanol–water partition coefficient (Wildman–Crippen LogP) is 2.77. The molecule has 1 aliphatic rings. The zero-order chi connectivity index (χ0) is 14.6. The van der Waals surface area contributed by atoms with Gasteiger partial charge in [0.05, 0.1) is 0 Å². The largest absolute Gasteiger partial charge is 0.452 e. The molecule has 0 saturated carbocycles.